The van der Waals surface area contributed by atoms with E-state index in [-0.39, 0.29) is 17.2 Å². The molecule has 3 rings (SSSR count). The SMILES string of the molecule is COc1ccc(Oc2nc(Cl)nc(-n3cncn3)n2)cc1. The maximum Gasteiger partial charge on any atom is 0.328 e. The molecule has 0 radical (unpaired) electrons. The first kappa shape index (κ1) is 13.3. The monoisotopic (exact) mass is 304 g/mol. The Morgan fingerprint density at radius 3 is 2.48 bits per heavy atom. The molecule has 0 amide bonds. The Bertz CT molecular complexity index is 732. The Morgan fingerprint density at radius 1 is 1.05 bits per heavy atom. The van der Waals surface area contributed by atoms with Crippen LogP contribution in [-0.4, -0.2) is 36.8 Å². The molecule has 21 heavy (non-hydrogen) atoms. The fourth-order valence-electron chi connectivity index (χ4n) is 1.53. The van der Waals surface area contributed by atoms with Crippen molar-refractivity contribution < 1.29 is 9.47 Å². The molecule has 0 saturated heterocycles. The van der Waals surface area contributed by atoms with E-state index < -0.39 is 0 Å². The second kappa shape index (κ2) is 5.71. The van der Waals surface area contributed by atoms with Gasteiger partial charge in [-0.15, -0.1) is 0 Å². The lowest BCUT2D eigenvalue weighted by Crippen LogP contribution is -2.05. The van der Waals surface area contributed by atoms with Crippen LogP contribution in [0.15, 0.2) is 36.9 Å². The van der Waals surface area contributed by atoms with Gasteiger partial charge in [-0.05, 0) is 35.9 Å². The summed E-state index contributed by atoms with van der Waals surface area (Å²) in [5, 5.41) is 3.92. The average molecular weight is 305 g/mol. The van der Waals surface area contributed by atoms with Gasteiger partial charge in [0, 0.05) is 0 Å². The van der Waals surface area contributed by atoms with Crippen LogP contribution in [0, 0.1) is 0 Å². The molecule has 0 spiro atoms. The topological polar surface area (TPSA) is 87.8 Å². The van der Waals surface area contributed by atoms with E-state index in [0.717, 1.165) is 5.75 Å². The second-order valence-corrected chi connectivity index (χ2v) is 4.14. The van der Waals surface area contributed by atoms with Crippen LogP contribution in [0.1, 0.15) is 0 Å². The van der Waals surface area contributed by atoms with Crippen molar-refractivity contribution in [3.63, 3.8) is 0 Å². The molecule has 0 bridgehead atoms. The summed E-state index contributed by atoms with van der Waals surface area (Å²) < 4.78 is 12.0. The molecule has 106 valence electrons. The minimum Gasteiger partial charge on any atom is -0.497 e. The molecule has 9 heteroatoms. The van der Waals surface area contributed by atoms with Crippen LogP contribution in [0.5, 0.6) is 17.5 Å². The summed E-state index contributed by atoms with van der Waals surface area (Å²) in [6, 6.07) is 7.04. The standard InChI is InChI=1S/C12H9ClN6O2/c1-20-8-2-4-9(5-3-8)21-12-17-10(13)16-11(18-12)19-7-14-6-15-19/h2-7H,1H3. The summed E-state index contributed by atoms with van der Waals surface area (Å²) in [5.74, 6) is 1.48. The van der Waals surface area contributed by atoms with Gasteiger partial charge in [-0.2, -0.15) is 24.7 Å². The molecule has 0 unspecified atom stereocenters. The summed E-state index contributed by atoms with van der Waals surface area (Å²) in [5.41, 5.74) is 0. The van der Waals surface area contributed by atoms with Crippen molar-refractivity contribution in [2.24, 2.45) is 0 Å². The highest BCUT2D eigenvalue weighted by Crippen LogP contribution is 2.22. The van der Waals surface area contributed by atoms with Crippen molar-refractivity contribution in [1.82, 2.24) is 29.7 Å². The van der Waals surface area contributed by atoms with Crippen molar-refractivity contribution in [2.75, 3.05) is 7.11 Å². The van der Waals surface area contributed by atoms with Gasteiger partial charge in [-0.3, -0.25) is 0 Å². The van der Waals surface area contributed by atoms with E-state index in [9.17, 15) is 0 Å². The van der Waals surface area contributed by atoms with Gasteiger partial charge in [0.2, 0.25) is 5.28 Å². The maximum atomic E-state index is 5.86. The molecule has 0 atom stereocenters. The van der Waals surface area contributed by atoms with Gasteiger partial charge < -0.3 is 9.47 Å². The van der Waals surface area contributed by atoms with Crippen LogP contribution in [0.3, 0.4) is 0 Å². The molecule has 0 N–H and O–H groups in total. The number of benzene rings is 1. The number of rotatable bonds is 4. The molecule has 0 fully saturated rings. The normalized spacial score (nSPS) is 10.4. The van der Waals surface area contributed by atoms with Crippen LogP contribution in [0.2, 0.25) is 5.28 Å². The number of hydrogen-bond acceptors (Lipinski definition) is 7. The maximum absolute atomic E-state index is 5.86. The summed E-state index contributed by atoms with van der Waals surface area (Å²) in [4.78, 5) is 15.8. The zero-order valence-corrected chi connectivity index (χ0v) is 11.6. The lowest BCUT2D eigenvalue weighted by Gasteiger charge is -2.06. The predicted molar refractivity (Wildman–Crippen MR) is 72.8 cm³/mol. The lowest BCUT2D eigenvalue weighted by atomic mass is 10.3. The number of hydrogen-bond donors (Lipinski definition) is 0. The molecular weight excluding hydrogens is 296 g/mol. The first-order chi connectivity index (χ1) is 10.2. The fraction of sp³-hybridized carbons (Fsp3) is 0.0833. The number of aromatic nitrogens is 6. The van der Waals surface area contributed by atoms with Crippen molar-refractivity contribution >= 4 is 11.6 Å². The average Bonchev–Trinajstić information content (AvgIpc) is 3.02. The third-order valence-corrected chi connectivity index (χ3v) is 2.64. The van der Waals surface area contributed by atoms with Crippen LogP contribution in [-0.2, 0) is 0 Å². The minimum absolute atomic E-state index is 0.000915. The van der Waals surface area contributed by atoms with Gasteiger partial charge in [-0.25, -0.2) is 4.98 Å². The quantitative estimate of drug-likeness (QED) is 0.727. The smallest absolute Gasteiger partial charge is 0.328 e. The largest absolute Gasteiger partial charge is 0.497 e. The molecular formula is C12H9ClN6O2. The van der Waals surface area contributed by atoms with E-state index in [4.69, 9.17) is 21.1 Å². The number of methoxy groups -OCH3 is 1. The van der Waals surface area contributed by atoms with Crippen LogP contribution in [0.4, 0.5) is 0 Å². The molecule has 2 aromatic heterocycles. The third kappa shape index (κ3) is 3.06. The zero-order valence-electron chi connectivity index (χ0n) is 10.8. The summed E-state index contributed by atoms with van der Waals surface area (Å²) in [7, 11) is 1.59. The minimum atomic E-state index is -0.000915. The van der Waals surface area contributed by atoms with Gasteiger partial charge >= 0.3 is 6.01 Å². The van der Waals surface area contributed by atoms with Crippen LogP contribution >= 0.6 is 11.6 Å². The van der Waals surface area contributed by atoms with Gasteiger partial charge in [0.25, 0.3) is 5.95 Å². The van der Waals surface area contributed by atoms with Gasteiger partial charge in [-0.1, -0.05) is 0 Å². The second-order valence-electron chi connectivity index (χ2n) is 3.80. The van der Waals surface area contributed by atoms with E-state index in [1.54, 1.807) is 31.4 Å². The molecule has 1 aromatic carbocycles. The number of ether oxygens (including phenoxy) is 2. The Balaban J connectivity index is 1.88. The van der Waals surface area contributed by atoms with Crippen LogP contribution in [0.25, 0.3) is 5.95 Å². The van der Waals surface area contributed by atoms with E-state index >= 15 is 0 Å². The molecule has 0 aliphatic rings. The molecule has 0 saturated carbocycles. The molecule has 2 heterocycles. The summed E-state index contributed by atoms with van der Waals surface area (Å²) in [6.07, 6.45) is 2.81. The molecule has 0 aliphatic carbocycles. The van der Waals surface area contributed by atoms with E-state index in [0.29, 0.717) is 5.75 Å². The van der Waals surface area contributed by atoms with E-state index in [2.05, 4.69) is 25.0 Å². The Hall–Kier alpha value is -2.74. The van der Waals surface area contributed by atoms with Crippen molar-refractivity contribution in [2.45, 2.75) is 0 Å². The predicted octanol–water partition coefficient (Wildman–Crippen LogP) is 1.91. The zero-order chi connectivity index (χ0) is 14.7. The Labute approximate surface area is 124 Å². The highest BCUT2D eigenvalue weighted by molar-refractivity contribution is 6.28. The Kier molecular flexibility index (Phi) is 3.61. The summed E-state index contributed by atoms with van der Waals surface area (Å²) in [6.45, 7) is 0. The summed E-state index contributed by atoms with van der Waals surface area (Å²) >= 11 is 5.86. The van der Waals surface area contributed by atoms with Gasteiger partial charge in [0.15, 0.2) is 0 Å². The van der Waals surface area contributed by atoms with Gasteiger partial charge in [0.1, 0.15) is 24.2 Å². The molecule has 8 nitrogen and oxygen atoms in total. The first-order valence-electron chi connectivity index (χ1n) is 5.83. The fourth-order valence-corrected chi connectivity index (χ4v) is 1.68. The van der Waals surface area contributed by atoms with Gasteiger partial charge in [0.05, 0.1) is 7.11 Å². The Morgan fingerprint density at radius 2 is 1.81 bits per heavy atom. The third-order valence-electron chi connectivity index (χ3n) is 2.47. The van der Waals surface area contributed by atoms with Crippen molar-refractivity contribution in [3.05, 3.63) is 42.2 Å². The highest BCUT2D eigenvalue weighted by atomic mass is 35.5. The lowest BCUT2D eigenvalue weighted by molar-refractivity contribution is 0.410. The highest BCUT2D eigenvalue weighted by Gasteiger charge is 2.09. The molecule has 3 aromatic rings. The van der Waals surface area contributed by atoms with Crippen LogP contribution < -0.4 is 9.47 Å². The molecule has 0 aliphatic heterocycles. The first-order valence-corrected chi connectivity index (χ1v) is 6.21. The van der Waals surface area contributed by atoms with Crippen molar-refractivity contribution in [1.29, 1.82) is 0 Å². The van der Waals surface area contributed by atoms with E-state index in [1.807, 2.05) is 0 Å². The number of nitrogens with zero attached hydrogens (tertiary/aromatic N) is 6. The number of halogens is 1. The van der Waals surface area contributed by atoms with Crippen molar-refractivity contribution in [3.8, 4) is 23.5 Å². The van der Waals surface area contributed by atoms with E-state index in [1.165, 1.54) is 17.3 Å².